The molecule has 0 unspecified atom stereocenters. The van der Waals surface area contributed by atoms with Crippen LogP contribution < -0.4 is 10.1 Å². The Kier molecular flexibility index (Phi) is 6.35. The Morgan fingerprint density at radius 3 is 2.12 bits per heavy atom. The van der Waals surface area contributed by atoms with E-state index in [-0.39, 0.29) is 0 Å². The average Bonchev–Trinajstić information content (AvgIpc) is 2.66. The zero-order valence-corrected chi connectivity index (χ0v) is 14.9. The summed E-state index contributed by atoms with van der Waals surface area (Å²) in [4.78, 5) is 0. The predicted molar refractivity (Wildman–Crippen MR) is 106 cm³/mol. The number of anilines is 1. The number of rotatable bonds is 8. The van der Waals surface area contributed by atoms with E-state index >= 15 is 0 Å². The molecule has 25 heavy (non-hydrogen) atoms. The van der Waals surface area contributed by atoms with E-state index in [2.05, 4.69) is 53.8 Å². The first-order valence-electron chi connectivity index (χ1n) is 8.55. The Morgan fingerprint density at radius 1 is 0.720 bits per heavy atom. The van der Waals surface area contributed by atoms with Gasteiger partial charge in [-0.25, -0.2) is 0 Å². The van der Waals surface area contributed by atoms with E-state index in [4.69, 9.17) is 16.3 Å². The van der Waals surface area contributed by atoms with E-state index in [0.29, 0.717) is 6.61 Å². The van der Waals surface area contributed by atoms with Gasteiger partial charge in [0.2, 0.25) is 0 Å². The molecule has 0 saturated heterocycles. The second-order valence-corrected chi connectivity index (χ2v) is 6.35. The van der Waals surface area contributed by atoms with E-state index in [0.717, 1.165) is 35.8 Å². The van der Waals surface area contributed by atoms with Crippen molar-refractivity contribution in [2.24, 2.45) is 0 Å². The summed E-state index contributed by atoms with van der Waals surface area (Å²) >= 11 is 5.90. The second kappa shape index (κ2) is 9.14. The molecule has 0 radical (unpaired) electrons. The fourth-order valence-corrected chi connectivity index (χ4v) is 2.73. The Bertz CT molecular complexity index is 754. The van der Waals surface area contributed by atoms with E-state index in [1.54, 1.807) is 0 Å². The molecule has 0 saturated carbocycles. The zero-order valence-electron chi connectivity index (χ0n) is 14.1. The van der Waals surface area contributed by atoms with Crippen molar-refractivity contribution in [2.75, 3.05) is 18.5 Å². The van der Waals surface area contributed by atoms with E-state index in [1.807, 2.05) is 30.3 Å². The molecule has 128 valence electrons. The molecule has 0 atom stereocenters. The summed E-state index contributed by atoms with van der Waals surface area (Å²) in [5.74, 6) is 0.902. The largest absolute Gasteiger partial charge is 0.493 e. The monoisotopic (exact) mass is 351 g/mol. The van der Waals surface area contributed by atoms with Gasteiger partial charge in [0.15, 0.2) is 0 Å². The molecule has 3 rings (SSSR count). The third kappa shape index (κ3) is 5.84. The van der Waals surface area contributed by atoms with Crippen LogP contribution in [-0.2, 0) is 12.8 Å². The van der Waals surface area contributed by atoms with Gasteiger partial charge in [0, 0.05) is 23.7 Å². The molecule has 0 bridgehead atoms. The van der Waals surface area contributed by atoms with Gasteiger partial charge in [0.25, 0.3) is 0 Å². The lowest BCUT2D eigenvalue weighted by Crippen LogP contribution is -2.05. The van der Waals surface area contributed by atoms with Crippen molar-refractivity contribution >= 4 is 17.3 Å². The molecule has 2 nitrogen and oxygen atoms in total. The summed E-state index contributed by atoms with van der Waals surface area (Å²) in [7, 11) is 0. The molecule has 0 aliphatic carbocycles. The van der Waals surface area contributed by atoms with E-state index in [9.17, 15) is 0 Å². The standard InChI is InChI=1S/C22H22ClNO/c23-20-8-6-19(7-9-20)14-16-24-21-10-12-22(13-11-21)25-17-15-18-4-2-1-3-5-18/h1-13,24H,14-17H2. The molecule has 0 heterocycles. The maximum Gasteiger partial charge on any atom is 0.119 e. The topological polar surface area (TPSA) is 21.3 Å². The van der Waals surface area contributed by atoms with Gasteiger partial charge in [-0.3, -0.25) is 0 Å². The van der Waals surface area contributed by atoms with Gasteiger partial charge in [-0.2, -0.15) is 0 Å². The van der Waals surface area contributed by atoms with Crippen LogP contribution in [0, 0.1) is 0 Å². The fourth-order valence-electron chi connectivity index (χ4n) is 2.60. The second-order valence-electron chi connectivity index (χ2n) is 5.91. The highest BCUT2D eigenvalue weighted by atomic mass is 35.5. The molecule has 3 aromatic carbocycles. The van der Waals surface area contributed by atoms with Gasteiger partial charge in [-0.1, -0.05) is 54.1 Å². The molecule has 3 aromatic rings. The van der Waals surface area contributed by atoms with Crippen LogP contribution >= 0.6 is 11.6 Å². The van der Waals surface area contributed by atoms with Crippen molar-refractivity contribution in [1.82, 2.24) is 0 Å². The van der Waals surface area contributed by atoms with Crippen LogP contribution in [0.4, 0.5) is 5.69 Å². The van der Waals surface area contributed by atoms with Crippen LogP contribution in [0.5, 0.6) is 5.75 Å². The Labute approximate surface area is 154 Å². The minimum absolute atomic E-state index is 0.688. The first-order chi connectivity index (χ1) is 12.3. The first-order valence-corrected chi connectivity index (χ1v) is 8.92. The van der Waals surface area contributed by atoms with Gasteiger partial charge in [-0.05, 0) is 53.9 Å². The SMILES string of the molecule is Clc1ccc(CCNc2ccc(OCCc3ccccc3)cc2)cc1. The van der Waals surface area contributed by atoms with Crippen molar-refractivity contribution in [3.05, 3.63) is 95.0 Å². The van der Waals surface area contributed by atoms with E-state index < -0.39 is 0 Å². The Balaban J connectivity index is 1.40. The minimum atomic E-state index is 0.688. The molecular weight excluding hydrogens is 330 g/mol. The third-order valence-electron chi connectivity index (χ3n) is 4.01. The molecule has 3 heteroatoms. The van der Waals surface area contributed by atoms with Crippen molar-refractivity contribution in [3.63, 3.8) is 0 Å². The quantitative estimate of drug-likeness (QED) is 0.569. The molecule has 0 spiro atoms. The number of ether oxygens (including phenoxy) is 1. The molecular formula is C22H22ClNO. The van der Waals surface area contributed by atoms with Crippen molar-refractivity contribution in [3.8, 4) is 5.75 Å². The molecule has 0 aromatic heterocycles. The third-order valence-corrected chi connectivity index (χ3v) is 4.26. The Morgan fingerprint density at radius 2 is 1.40 bits per heavy atom. The van der Waals surface area contributed by atoms with Crippen LogP contribution in [0.25, 0.3) is 0 Å². The van der Waals surface area contributed by atoms with Crippen LogP contribution in [0.2, 0.25) is 5.02 Å². The molecule has 1 N–H and O–H groups in total. The van der Waals surface area contributed by atoms with Gasteiger partial charge >= 0.3 is 0 Å². The molecule has 0 amide bonds. The fraction of sp³-hybridized carbons (Fsp3) is 0.182. The van der Waals surface area contributed by atoms with Crippen LogP contribution in [0.15, 0.2) is 78.9 Å². The highest BCUT2D eigenvalue weighted by Crippen LogP contribution is 2.16. The molecule has 0 aliphatic heterocycles. The summed E-state index contributed by atoms with van der Waals surface area (Å²) in [6.45, 7) is 1.57. The predicted octanol–water partition coefficient (Wildman–Crippen LogP) is 5.62. The normalized spacial score (nSPS) is 10.4. The first kappa shape index (κ1) is 17.4. The number of nitrogens with one attached hydrogen (secondary N) is 1. The number of hydrogen-bond acceptors (Lipinski definition) is 2. The van der Waals surface area contributed by atoms with Crippen LogP contribution in [-0.4, -0.2) is 13.2 Å². The lowest BCUT2D eigenvalue weighted by Gasteiger charge is -2.09. The van der Waals surface area contributed by atoms with Crippen LogP contribution in [0.3, 0.4) is 0 Å². The summed E-state index contributed by atoms with van der Waals surface area (Å²) in [5, 5.41) is 4.21. The Hall–Kier alpha value is -2.45. The number of benzene rings is 3. The summed E-state index contributed by atoms with van der Waals surface area (Å²) in [6, 6.07) is 26.5. The number of halogens is 1. The zero-order chi connectivity index (χ0) is 17.3. The molecule has 0 aliphatic rings. The highest BCUT2D eigenvalue weighted by Gasteiger charge is 1.98. The lowest BCUT2D eigenvalue weighted by molar-refractivity contribution is 0.322. The maximum atomic E-state index is 5.90. The van der Waals surface area contributed by atoms with Gasteiger partial charge in [-0.15, -0.1) is 0 Å². The lowest BCUT2D eigenvalue weighted by atomic mass is 10.1. The summed E-state index contributed by atoms with van der Waals surface area (Å²) in [5.41, 5.74) is 3.67. The summed E-state index contributed by atoms with van der Waals surface area (Å²) in [6.07, 6.45) is 1.88. The maximum absolute atomic E-state index is 5.90. The minimum Gasteiger partial charge on any atom is -0.493 e. The van der Waals surface area contributed by atoms with Gasteiger partial charge in [0.1, 0.15) is 5.75 Å². The van der Waals surface area contributed by atoms with Crippen molar-refractivity contribution in [1.29, 1.82) is 0 Å². The van der Waals surface area contributed by atoms with Crippen molar-refractivity contribution in [2.45, 2.75) is 12.8 Å². The summed E-state index contributed by atoms with van der Waals surface area (Å²) < 4.78 is 5.81. The van der Waals surface area contributed by atoms with Gasteiger partial charge < -0.3 is 10.1 Å². The van der Waals surface area contributed by atoms with Crippen LogP contribution in [0.1, 0.15) is 11.1 Å². The highest BCUT2D eigenvalue weighted by molar-refractivity contribution is 6.30. The van der Waals surface area contributed by atoms with Crippen molar-refractivity contribution < 1.29 is 4.74 Å². The molecule has 0 fully saturated rings. The van der Waals surface area contributed by atoms with E-state index in [1.165, 1.54) is 11.1 Å². The smallest absolute Gasteiger partial charge is 0.119 e. The van der Waals surface area contributed by atoms with Gasteiger partial charge in [0.05, 0.1) is 6.61 Å². The average molecular weight is 352 g/mol. The number of hydrogen-bond donors (Lipinski definition) is 1.